The summed E-state index contributed by atoms with van der Waals surface area (Å²) in [4.78, 5) is 0. The summed E-state index contributed by atoms with van der Waals surface area (Å²) in [6.45, 7) is 0.354. The van der Waals surface area contributed by atoms with Crippen molar-refractivity contribution in [3.63, 3.8) is 0 Å². The average Bonchev–Trinajstić information content (AvgIpc) is 3.01. The maximum atomic E-state index is 13.9. The van der Waals surface area contributed by atoms with Crippen molar-refractivity contribution in [3.05, 3.63) is 64.7 Å². The second kappa shape index (κ2) is 7.17. The minimum atomic E-state index is -0.353. The molecule has 0 radical (unpaired) electrons. The van der Waals surface area contributed by atoms with E-state index in [4.69, 9.17) is 21.1 Å². The van der Waals surface area contributed by atoms with Gasteiger partial charge in [-0.3, -0.25) is 0 Å². The summed E-state index contributed by atoms with van der Waals surface area (Å²) in [5.74, 6) is 2.09. The van der Waals surface area contributed by atoms with E-state index in [2.05, 4.69) is 10.2 Å². The molecule has 2 aromatic carbocycles. The normalized spacial score (nSPS) is 15.9. The van der Waals surface area contributed by atoms with E-state index in [1.54, 1.807) is 12.1 Å². The molecule has 0 aliphatic carbocycles. The predicted octanol–water partition coefficient (Wildman–Crippen LogP) is 4.41. The number of hydrogen-bond acceptors (Lipinski definition) is 5. The van der Waals surface area contributed by atoms with Gasteiger partial charge < -0.3 is 14.0 Å². The van der Waals surface area contributed by atoms with Gasteiger partial charge in [-0.1, -0.05) is 41.6 Å². The maximum Gasteiger partial charge on any atom is 0.192 e. The molecule has 1 aliphatic heterocycles. The second-order valence-electron chi connectivity index (χ2n) is 5.75. The van der Waals surface area contributed by atoms with E-state index >= 15 is 0 Å². The maximum absolute atomic E-state index is 13.9. The molecule has 0 amide bonds. The molecule has 0 saturated carbocycles. The zero-order valence-corrected chi connectivity index (χ0v) is 15.4. The van der Waals surface area contributed by atoms with Crippen molar-refractivity contribution in [1.29, 1.82) is 0 Å². The minimum Gasteiger partial charge on any atom is -0.485 e. The third-order valence-corrected chi connectivity index (χ3v) is 5.47. The van der Waals surface area contributed by atoms with Gasteiger partial charge in [0.15, 0.2) is 28.6 Å². The van der Waals surface area contributed by atoms with E-state index < -0.39 is 0 Å². The zero-order chi connectivity index (χ0) is 18.1. The molecule has 26 heavy (non-hydrogen) atoms. The number of rotatable bonds is 4. The number of para-hydroxylation sites is 2. The van der Waals surface area contributed by atoms with Crippen molar-refractivity contribution in [2.24, 2.45) is 7.05 Å². The zero-order valence-electron chi connectivity index (χ0n) is 13.9. The second-order valence-corrected chi connectivity index (χ2v) is 7.10. The first-order valence-electron chi connectivity index (χ1n) is 7.97. The Labute approximate surface area is 159 Å². The highest BCUT2D eigenvalue weighted by Gasteiger charge is 2.27. The summed E-state index contributed by atoms with van der Waals surface area (Å²) >= 11 is 7.45. The molecular weight excluding hydrogens is 377 g/mol. The monoisotopic (exact) mass is 391 g/mol. The van der Waals surface area contributed by atoms with Crippen LogP contribution in [0.1, 0.15) is 17.5 Å². The van der Waals surface area contributed by atoms with Crippen LogP contribution in [0.4, 0.5) is 4.39 Å². The standard InChI is InChI=1S/C18H15ClFN3O2S/c1-23-17(16-9-24-14-7-2-3-8-15(14)25-16)21-22-18(23)26-10-11-12(19)5-4-6-13(11)20/h2-8,16H,9-10H2,1H3. The van der Waals surface area contributed by atoms with Gasteiger partial charge in [-0.15, -0.1) is 10.2 Å². The van der Waals surface area contributed by atoms with Crippen LogP contribution in [0.5, 0.6) is 11.5 Å². The minimum absolute atomic E-state index is 0.326. The van der Waals surface area contributed by atoms with E-state index in [-0.39, 0.29) is 11.9 Å². The summed E-state index contributed by atoms with van der Waals surface area (Å²) in [7, 11) is 1.85. The number of halogens is 2. The number of nitrogens with zero attached hydrogens (tertiary/aromatic N) is 3. The molecule has 1 atom stereocenters. The van der Waals surface area contributed by atoms with Crippen LogP contribution in [-0.4, -0.2) is 21.4 Å². The van der Waals surface area contributed by atoms with Crippen molar-refractivity contribution >= 4 is 23.4 Å². The third-order valence-electron chi connectivity index (χ3n) is 4.07. The molecule has 1 aromatic heterocycles. The molecule has 4 rings (SSSR count). The first-order valence-corrected chi connectivity index (χ1v) is 9.33. The first-order chi connectivity index (χ1) is 12.6. The van der Waals surface area contributed by atoms with Crippen LogP contribution in [-0.2, 0) is 12.8 Å². The Balaban J connectivity index is 1.50. The van der Waals surface area contributed by atoms with Crippen LogP contribution < -0.4 is 9.47 Å². The quantitative estimate of drug-likeness (QED) is 0.616. The lowest BCUT2D eigenvalue weighted by Crippen LogP contribution is -2.24. The van der Waals surface area contributed by atoms with Gasteiger partial charge in [-0.2, -0.15) is 0 Å². The summed E-state index contributed by atoms with van der Waals surface area (Å²) in [6.07, 6.45) is -0.353. The molecule has 0 saturated heterocycles. The molecule has 0 bridgehead atoms. The Morgan fingerprint density at radius 3 is 2.81 bits per heavy atom. The van der Waals surface area contributed by atoms with Crippen LogP contribution in [0.25, 0.3) is 0 Å². The molecule has 8 heteroatoms. The molecule has 1 aliphatic rings. The molecule has 3 aromatic rings. The number of benzene rings is 2. The first kappa shape index (κ1) is 17.2. The van der Waals surface area contributed by atoms with E-state index in [0.29, 0.717) is 39.7 Å². The average molecular weight is 392 g/mol. The smallest absolute Gasteiger partial charge is 0.192 e. The summed E-state index contributed by atoms with van der Waals surface area (Å²) in [6, 6.07) is 12.2. The Morgan fingerprint density at radius 1 is 1.19 bits per heavy atom. The van der Waals surface area contributed by atoms with E-state index in [1.165, 1.54) is 17.8 Å². The van der Waals surface area contributed by atoms with Gasteiger partial charge >= 0.3 is 0 Å². The fourth-order valence-corrected chi connectivity index (χ4v) is 3.95. The SMILES string of the molecule is Cn1c(SCc2c(F)cccc2Cl)nnc1C1COc2ccccc2O1. The Morgan fingerprint density at radius 2 is 2.00 bits per heavy atom. The lowest BCUT2D eigenvalue weighted by molar-refractivity contribution is 0.0825. The molecule has 2 heterocycles. The summed E-state index contributed by atoms with van der Waals surface area (Å²) in [5.41, 5.74) is 0.454. The lowest BCUT2D eigenvalue weighted by Gasteiger charge is -2.25. The van der Waals surface area contributed by atoms with Gasteiger partial charge in [-0.25, -0.2) is 4.39 Å². The highest BCUT2D eigenvalue weighted by Crippen LogP contribution is 2.36. The predicted molar refractivity (Wildman–Crippen MR) is 97.3 cm³/mol. The van der Waals surface area contributed by atoms with E-state index in [1.807, 2.05) is 35.9 Å². The highest BCUT2D eigenvalue weighted by atomic mass is 35.5. The summed E-state index contributed by atoms with van der Waals surface area (Å²) in [5, 5.41) is 9.48. The lowest BCUT2D eigenvalue weighted by atomic mass is 10.2. The van der Waals surface area contributed by atoms with Crippen molar-refractivity contribution in [2.75, 3.05) is 6.61 Å². The van der Waals surface area contributed by atoms with Crippen molar-refractivity contribution < 1.29 is 13.9 Å². The molecule has 134 valence electrons. The third kappa shape index (κ3) is 3.24. The number of hydrogen-bond donors (Lipinski definition) is 0. The van der Waals surface area contributed by atoms with Crippen molar-refractivity contribution in [1.82, 2.24) is 14.8 Å². The number of fused-ring (bicyclic) bond motifs is 1. The summed E-state index contributed by atoms with van der Waals surface area (Å²) < 4.78 is 27.5. The molecule has 0 spiro atoms. The van der Waals surface area contributed by atoms with Crippen LogP contribution in [0.3, 0.4) is 0 Å². The van der Waals surface area contributed by atoms with Crippen molar-refractivity contribution in [3.8, 4) is 11.5 Å². The molecule has 1 unspecified atom stereocenters. The Kier molecular flexibility index (Phi) is 4.74. The van der Waals surface area contributed by atoms with E-state index in [9.17, 15) is 4.39 Å². The largest absolute Gasteiger partial charge is 0.485 e. The van der Waals surface area contributed by atoms with Crippen molar-refractivity contribution in [2.45, 2.75) is 17.0 Å². The number of ether oxygens (including phenoxy) is 2. The van der Waals surface area contributed by atoms with Gasteiger partial charge in [0.05, 0.1) is 0 Å². The van der Waals surface area contributed by atoms with Gasteiger partial charge in [0.2, 0.25) is 0 Å². The molecule has 0 fully saturated rings. The van der Waals surface area contributed by atoms with Gasteiger partial charge in [0.25, 0.3) is 0 Å². The number of aromatic nitrogens is 3. The van der Waals surface area contributed by atoms with E-state index in [0.717, 1.165) is 5.75 Å². The highest BCUT2D eigenvalue weighted by molar-refractivity contribution is 7.98. The van der Waals surface area contributed by atoms with Crippen LogP contribution in [0, 0.1) is 5.82 Å². The Hall–Kier alpha value is -2.25. The van der Waals surface area contributed by atoms with Crippen LogP contribution in [0.2, 0.25) is 5.02 Å². The molecular formula is C18H15ClFN3O2S. The topological polar surface area (TPSA) is 49.2 Å². The van der Waals surface area contributed by atoms with Crippen LogP contribution >= 0.6 is 23.4 Å². The molecule has 0 N–H and O–H groups in total. The van der Waals surface area contributed by atoms with Gasteiger partial charge in [0.1, 0.15) is 12.4 Å². The molecule has 5 nitrogen and oxygen atoms in total. The fraction of sp³-hybridized carbons (Fsp3) is 0.222. The van der Waals surface area contributed by atoms with Gasteiger partial charge in [0, 0.05) is 23.4 Å². The van der Waals surface area contributed by atoms with Crippen LogP contribution in [0.15, 0.2) is 47.6 Å². The number of thioether (sulfide) groups is 1. The Bertz CT molecular complexity index is 930. The van der Waals surface area contributed by atoms with Gasteiger partial charge in [-0.05, 0) is 24.3 Å². The fourth-order valence-electron chi connectivity index (χ4n) is 2.69.